The first kappa shape index (κ1) is 12.7. The van der Waals surface area contributed by atoms with Crippen LogP contribution in [0.3, 0.4) is 0 Å². The Morgan fingerprint density at radius 1 is 1.53 bits per heavy atom. The molecule has 1 aromatic heterocycles. The maximum atomic E-state index is 13.8. The van der Waals surface area contributed by atoms with Gasteiger partial charge in [0.2, 0.25) is 0 Å². The Hall–Kier alpha value is -0.780. The zero-order valence-corrected chi connectivity index (χ0v) is 11.7. The van der Waals surface area contributed by atoms with E-state index in [0.29, 0.717) is 16.5 Å². The molecule has 2 rings (SSSR count). The van der Waals surface area contributed by atoms with E-state index < -0.39 is 0 Å². The van der Waals surface area contributed by atoms with E-state index in [9.17, 15) is 4.39 Å². The van der Waals surface area contributed by atoms with Crippen LogP contribution in [0.4, 0.5) is 4.39 Å². The van der Waals surface area contributed by atoms with Crippen molar-refractivity contribution in [3.8, 4) is 0 Å². The molecule has 0 fully saturated rings. The van der Waals surface area contributed by atoms with Gasteiger partial charge in [0.05, 0.1) is 15.2 Å². The van der Waals surface area contributed by atoms with Crippen LogP contribution in [0.15, 0.2) is 28.1 Å². The van der Waals surface area contributed by atoms with Crippen molar-refractivity contribution >= 4 is 27.3 Å². The summed E-state index contributed by atoms with van der Waals surface area (Å²) in [7, 11) is 0. The number of thiazole rings is 1. The first-order valence-electron chi connectivity index (χ1n) is 5.18. The molecule has 2 N–H and O–H groups in total. The van der Waals surface area contributed by atoms with E-state index in [1.165, 1.54) is 0 Å². The molecule has 17 heavy (non-hydrogen) atoms. The molecule has 0 saturated carbocycles. The summed E-state index contributed by atoms with van der Waals surface area (Å²) in [6, 6.07) is 4.80. The van der Waals surface area contributed by atoms with Crippen LogP contribution in [-0.2, 0) is 6.42 Å². The van der Waals surface area contributed by atoms with E-state index in [1.54, 1.807) is 29.5 Å². The van der Waals surface area contributed by atoms with Gasteiger partial charge in [0, 0.05) is 23.4 Å². The largest absolute Gasteiger partial charge is 0.324 e. The van der Waals surface area contributed by atoms with E-state index in [4.69, 9.17) is 5.73 Å². The SMILES string of the molecule is Cc1nc(CC(N)c2cccc(Br)c2F)cs1. The highest BCUT2D eigenvalue weighted by atomic mass is 79.9. The molecule has 0 radical (unpaired) electrons. The van der Waals surface area contributed by atoms with Crippen molar-refractivity contribution in [1.29, 1.82) is 0 Å². The van der Waals surface area contributed by atoms with E-state index in [0.717, 1.165) is 10.7 Å². The Kier molecular flexibility index (Phi) is 3.91. The van der Waals surface area contributed by atoms with Crippen molar-refractivity contribution in [2.45, 2.75) is 19.4 Å². The predicted octanol–water partition coefficient (Wildman–Crippen LogP) is 3.60. The number of nitrogens with two attached hydrogens (primary N) is 1. The minimum Gasteiger partial charge on any atom is -0.324 e. The Balaban J connectivity index is 2.20. The van der Waals surface area contributed by atoms with Gasteiger partial charge in [0.1, 0.15) is 5.82 Å². The lowest BCUT2D eigenvalue weighted by Gasteiger charge is -2.12. The van der Waals surface area contributed by atoms with Crippen molar-refractivity contribution in [2.75, 3.05) is 0 Å². The zero-order valence-electron chi connectivity index (χ0n) is 9.28. The van der Waals surface area contributed by atoms with Crippen LogP contribution in [0, 0.1) is 12.7 Å². The third-order valence-electron chi connectivity index (χ3n) is 2.48. The highest BCUT2D eigenvalue weighted by Crippen LogP contribution is 2.25. The molecular formula is C12H12BrFN2S. The second-order valence-electron chi connectivity index (χ2n) is 3.81. The lowest BCUT2D eigenvalue weighted by atomic mass is 10.0. The fraction of sp³-hybridized carbons (Fsp3) is 0.250. The molecule has 0 aliphatic carbocycles. The molecule has 5 heteroatoms. The van der Waals surface area contributed by atoms with E-state index in [1.807, 2.05) is 12.3 Å². The maximum Gasteiger partial charge on any atom is 0.142 e. The van der Waals surface area contributed by atoms with Gasteiger partial charge in [0.25, 0.3) is 0 Å². The molecule has 0 amide bonds. The molecule has 1 unspecified atom stereocenters. The minimum absolute atomic E-state index is 0.285. The number of nitrogens with zero attached hydrogens (tertiary/aromatic N) is 1. The van der Waals surface area contributed by atoms with Crippen LogP contribution in [0.5, 0.6) is 0 Å². The summed E-state index contributed by atoms with van der Waals surface area (Å²) in [6.07, 6.45) is 0.553. The fourth-order valence-corrected chi connectivity index (χ4v) is 2.65. The quantitative estimate of drug-likeness (QED) is 0.940. The molecule has 0 aliphatic heterocycles. The molecule has 0 bridgehead atoms. The zero-order chi connectivity index (χ0) is 12.4. The van der Waals surface area contributed by atoms with Crippen LogP contribution in [-0.4, -0.2) is 4.98 Å². The van der Waals surface area contributed by atoms with Crippen molar-refractivity contribution in [3.63, 3.8) is 0 Å². The average molecular weight is 315 g/mol. The maximum absolute atomic E-state index is 13.8. The summed E-state index contributed by atoms with van der Waals surface area (Å²) in [5.41, 5.74) is 7.44. The Morgan fingerprint density at radius 2 is 2.29 bits per heavy atom. The summed E-state index contributed by atoms with van der Waals surface area (Å²) < 4.78 is 14.3. The van der Waals surface area contributed by atoms with Gasteiger partial charge in [-0.2, -0.15) is 0 Å². The normalized spacial score (nSPS) is 12.7. The number of aromatic nitrogens is 1. The van der Waals surface area contributed by atoms with Gasteiger partial charge in [-0.25, -0.2) is 9.37 Å². The number of halogens is 2. The number of rotatable bonds is 3. The highest BCUT2D eigenvalue weighted by molar-refractivity contribution is 9.10. The van der Waals surface area contributed by atoms with E-state index in [-0.39, 0.29) is 11.9 Å². The van der Waals surface area contributed by atoms with Gasteiger partial charge in [-0.1, -0.05) is 12.1 Å². The molecular weight excluding hydrogens is 303 g/mol. The van der Waals surface area contributed by atoms with Crippen LogP contribution in [0.1, 0.15) is 22.3 Å². The standard InChI is InChI=1S/C12H12BrFN2S/c1-7-16-8(6-17-7)5-11(15)9-3-2-4-10(13)12(9)14/h2-4,6,11H,5,15H2,1H3. The van der Waals surface area contributed by atoms with Crippen LogP contribution in [0.2, 0.25) is 0 Å². The van der Waals surface area contributed by atoms with Crippen LogP contribution < -0.4 is 5.73 Å². The molecule has 90 valence electrons. The predicted molar refractivity (Wildman–Crippen MR) is 71.6 cm³/mol. The first-order chi connectivity index (χ1) is 8.08. The van der Waals surface area contributed by atoms with Crippen LogP contribution >= 0.6 is 27.3 Å². The summed E-state index contributed by atoms with van der Waals surface area (Å²) in [5.74, 6) is -0.285. The van der Waals surface area contributed by atoms with Crippen molar-refractivity contribution in [3.05, 3.63) is 50.1 Å². The topological polar surface area (TPSA) is 38.9 Å². The van der Waals surface area contributed by atoms with Crippen molar-refractivity contribution in [1.82, 2.24) is 4.98 Å². The van der Waals surface area contributed by atoms with Crippen molar-refractivity contribution in [2.24, 2.45) is 5.73 Å². The second kappa shape index (κ2) is 5.25. The molecule has 0 aliphatic rings. The summed E-state index contributed by atoms with van der Waals surface area (Å²) in [5, 5.41) is 2.97. The van der Waals surface area contributed by atoms with Crippen LogP contribution in [0.25, 0.3) is 0 Å². The molecule has 1 atom stereocenters. The van der Waals surface area contributed by atoms with Gasteiger partial charge < -0.3 is 5.73 Å². The molecule has 0 saturated heterocycles. The third-order valence-corrected chi connectivity index (χ3v) is 3.91. The average Bonchev–Trinajstić information content (AvgIpc) is 2.68. The smallest absolute Gasteiger partial charge is 0.142 e. The van der Waals surface area contributed by atoms with Gasteiger partial charge in [-0.05, 0) is 28.9 Å². The summed E-state index contributed by atoms with van der Waals surface area (Å²) in [4.78, 5) is 4.33. The summed E-state index contributed by atoms with van der Waals surface area (Å²) >= 11 is 4.74. The number of hydrogen-bond acceptors (Lipinski definition) is 3. The lowest BCUT2D eigenvalue weighted by Crippen LogP contribution is -2.15. The molecule has 2 nitrogen and oxygen atoms in total. The molecule has 1 aromatic carbocycles. The van der Waals surface area contributed by atoms with E-state index >= 15 is 0 Å². The van der Waals surface area contributed by atoms with E-state index in [2.05, 4.69) is 20.9 Å². The Morgan fingerprint density at radius 3 is 2.94 bits per heavy atom. The van der Waals surface area contributed by atoms with Gasteiger partial charge in [0.15, 0.2) is 0 Å². The molecule has 1 heterocycles. The monoisotopic (exact) mass is 314 g/mol. The molecule has 2 aromatic rings. The van der Waals surface area contributed by atoms with Gasteiger partial charge >= 0.3 is 0 Å². The highest BCUT2D eigenvalue weighted by Gasteiger charge is 2.15. The number of benzene rings is 1. The van der Waals surface area contributed by atoms with Gasteiger partial charge in [-0.15, -0.1) is 11.3 Å². The van der Waals surface area contributed by atoms with Crippen molar-refractivity contribution < 1.29 is 4.39 Å². The third kappa shape index (κ3) is 2.91. The number of hydrogen-bond donors (Lipinski definition) is 1. The fourth-order valence-electron chi connectivity index (χ4n) is 1.64. The Labute approximate surface area is 112 Å². The summed E-state index contributed by atoms with van der Waals surface area (Å²) in [6.45, 7) is 1.94. The molecule has 0 spiro atoms. The first-order valence-corrected chi connectivity index (χ1v) is 6.85. The lowest BCUT2D eigenvalue weighted by molar-refractivity contribution is 0.573. The second-order valence-corrected chi connectivity index (χ2v) is 5.73. The van der Waals surface area contributed by atoms with Gasteiger partial charge in [-0.3, -0.25) is 0 Å². The Bertz CT molecular complexity index is 527. The minimum atomic E-state index is -0.367. The number of aryl methyl sites for hydroxylation is 1.